The Labute approximate surface area is 226 Å². The molecule has 1 aromatic heterocycles. The van der Waals surface area contributed by atoms with Crippen molar-refractivity contribution in [2.45, 2.75) is 44.6 Å². The number of piperidine rings is 1. The molecule has 10 nitrogen and oxygen atoms in total. The van der Waals surface area contributed by atoms with E-state index in [-0.39, 0.29) is 37.1 Å². The quantitative estimate of drug-likeness (QED) is 0.543. The van der Waals surface area contributed by atoms with E-state index in [0.717, 1.165) is 27.7 Å². The fraction of sp³-hybridized carbons (Fsp3) is 0.414. The minimum Gasteiger partial charge on any atom is -0.445 e. The first-order valence-electron chi connectivity index (χ1n) is 13.4. The van der Waals surface area contributed by atoms with Crippen LogP contribution in [0.15, 0.2) is 54.7 Å². The Balaban J connectivity index is 1.06. The molecule has 3 aromatic rings. The first kappa shape index (κ1) is 25.4. The third-order valence-corrected chi connectivity index (χ3v) is 7.84. The van der Waals surface area contributed by atoms with Gasteiger partial charge in [0.05, 0.1) is 19.3 Å². The first-order chi connectivity index (χ1) is 18.9. The summed E-state index contributed by atoms with van der Waals surface area (Å²) in [5, 5.41) is 3.39. The molecule has 3 aliphatic heterocycles. The maximum absolute atomic E-state index is 12.5. The minimum absolute atomic E-state index is 0.00292. The Morgan fingerprint density at radius 2 is 1.79 bits per heavy atom. The van der Waals surface area contributed by atoms with Gasteiger partial charge in [0.15, 0.2) is 5.79 Å². The van der Waals surface area contributed by atoms with E-state index in [1.165, 1.54) is 0 Å². The molecule has 1 N–H and O–H groups in total. The van der Waals surface area contributed by atoms with Crippen LogP contribution in [0.4, 0.5) is 15.3 Å². The lowest BCUT2D eigenvalue weighted by molar-refractivity contribution is -0.293. The molecule has 39 heavy (non-hydrogen) atoms. The molecule has 1 spiro atoms. The minimum atomic E-state index is -0.683. The third kappa shape index (κ3) is 5.09. The van der Waals surface area contributed by atoms with Gasteiger partial charge in [-0.15, -0.1) is 0 Å². The molecular formula is C29H32N4O6. The number of hydrogen-bond acceptors (Lipinski definition) is 6. The summed E-state index contributed by atoms with van der Waals surface area (Å²) in [6.45, 7) is 4.63. The molecule has 0 unspecified atom stereocenters. The Bertz CT molecular complexity index is 1390. The van der Waals surface area contributed by atoms with Crippen LogP contribution < -0.4 is 10.2 Å². The molecule has 2 aromatic carbocycles. The Hall–Kier alpha value is -3.89. The van der Waals surface area contributed by atoms with Crippen LogP contribution in [0.5, 0.6) is 0 Å². The van der Waals surface area contributed by atoms with E-state index < -0.39 is 5.79 Å². The number of ether oxygens (including phenoxy) is 3. The number of benzene rings is 2. The van der Waals surface area contributed by atoms with Crippen LogP contribution in [0.2, 0.25) is 0 Å². The average molecular weight is 533 g/mol. The number of aromatic nitrogens is 1. The molecule has 0 atom stereocenters. The molecule has 4 amide bonds. The van der Waals surface area contributed by atoms with Gasteiger partial charge in [0.25, 0.3) is 0 Å². The van der Waals surface area contributed by atoms with Crippen LogP contribution >= 0.6 is 0 Å². The van der Waals surface area contributed by atoms with Gasteiger partial charge in [-0.3, -0.25) is 15.0 Å². The zero-order chi connectivity index (χ0) is 27.0. The fourth-order valence-electron chi connectivity index (χ4n) is 5.57. The molecule has 6 rings (SSSR count). The molecule has 0 bridgehead atoms. The Morgan fingerprint density at radius 1 is 1.05 bits per heavy atom. The summed E-state index contributed by atoms with van der Waals surface area (Å²) in [6.07, 6.45) is 3.18. The number of hydrogen-bond donors (Lipinski definition) is 1. The van der Waals surface area contributed by atoms with Crippen molar-refractivity contribution in [3.05, 3.63) is 65.9 Å². The van der Waals surface area contributed by atoms with Crippen molar-refractivity contribution >= 4 is 34.6 Å². The number of likely N-dealkylation sites (tertiary alicyclic amines) is 1. The normalized spacial score (nSPS) is 19.9. The summed E-state index contributed by atoms with van der Waals surface area (Å²) in [7, 11) is 0. The van der Waals surface area contributed by atoms with Crippen molar-refractivity contribution in [1.82, 2.24) is 14.8 Å². The van der Waals surface area contributed by atoms with Crippen molar-refractivity contribution in [3.8, 4) is 0 Å². The van der Waals surface area contributed by atoms with Gasteiger partial charge in [-0.2, -0.15) is 0 Å². The molecule has 204 valence electrons. The lowest BCUT2D eigenvalue weighted by Crippen LogP contribution is -2.53. The Morgan fingerprint density at radius 3 is 2.51 bits per heavy atom. The van der Waals surface area contributed by atoms with Crippen LogP contribution in [0.3, 0.4) is 0 Å². The highest BCUT2D eigenvalue weighted by Crippen LogP contribution is 2.36. The van der Waals surface area contributed by atoms with Gasteiger partial charge in [-0.05, 0) is 36.2 Å². The topological polar surface area (TPSA) is 102 Å². The number of amides is 4. The molecule has 0 aliphatic carbocycles. The monoisotopic (exact) mass is 532 g/mol. The Kier molecular flexibility index (Phi) is 6.74. The molecule has 3 fully saturated rings. The van der Waals surface area contributed by atoms with E-state index in [9.17, 15) is 14.4 Å². The molecule has 4 heterocycles. The summed E-state index contributed by atoms with van der Waals surface area (Å²) in [5.74, 6) is -0.928. The van der Waals surface area contributed by atoms with E-state index in [1.54, 1.807) is 9.80 Å². The predicted molar refractivity (Wildman–Crippen MR) is 143 cm³/mol. The summed E-state index contributed by atoms with van der Waals surface area (Å²) >= 11 is 0. The lowest BCUT2D eigenvalue weighted by Gasteiger charge is -2.45. The van der Waals surface area contributed by atoms with Crippen molar-refractivity contribution in [3.63, 3.8) is 0 Å². The predicted octanol–water partition coefficient (Wildman–Crippen LogP) is 4.11. The highest BCUT2D eigenvalue weighted by molar-refractivity contribution is 6.06. The average Bonchev–Trinajstić information content (AvgIpc) is 3.35. The summed E-state index contributed by atoms with van der Waals surface area (Å²) in [6, 6.07) is 15.4. The number of rotatable bonds is 4. The molecule has 0 radical (unpaired) electrons. The smallest absolute Gasteiger partial charge is 0.410 e. The largest absolute Gasteiger partial charge is 0.445 e. The van der Waals surface area contributed by atoms with E-state index in [4.69, 9.17) is 14.2 Å². The van der Waals surface area contributed by atoms with Gasteiger partial charge >= 0.3 is 12.1 Å². The van der Waals surface area contributed by atoms with Crippen molar-refractivity contribution < 1.29 is 28.6 Å². The van der Waals surface area contributed by atoms with E-state index in [0.29, 0.717) is 45.7 Å². The number of carbonyl (C=O) groups excluding carboxylic acids is 3. The van der Waals surface area contributed by atoms with Crippen LogP contribution in [-0.4, -0.2) is 66.1 Å². The van der Waals surface area contributed by atoms with Crippen molar-refractivity contribution in [1.29, 1.82) is 0 Å². The number of imide groups is 1. The van der Waals surface area contributed by atoms with E-state index in [1.807, 2.05) is 55.6 Å². The second kappa shape index (κ2) is 10.3. The zero-order valence-electron chi connectivity index (χ0n) is 21.9. The van der Waals surface area contributed by atoms with Crippen molar-refractivity contribution in [2.24, 2.45) is 0 Å². The number of anilines is 1. The van der Waals surface area contributed by atoms with E-state index >= 15 is 0 Å². The van der Waals surface area contributed by atoms with E-state index in [2.05, 4.69) is 16.0 Å². The number of urea groups is 1. The maximum atomic E-state index is 12.5. The fourth-order valence-corrected chi connectivity index (χ4v) is 5.57. The zero-order valence-corrected chi connectivity index (χ0v) is 21.9. The lowest BCUT2D eigenvalue weighted by atomic mass is 10.0. The highest BCUT2D eigenvalue weighted by atomic mass is 16.7. The number of fused-ring (bicyclic) bond motifs is 1. The summed E-state index contributed by atoms with van der Waals surface area (Å²) in [5.41, 5.74) is 3.75. The van der Waals surface area contributed by atoms with Gasteiger partial charge in [0.1, 0.15) is 6.61 Å². The summed E-state index contributed by atoms with van der Waals surface area (Å²) in [4.78, 5) is 39.8. The summed E-state index contributed by atoms with van der Waals surface area (Å²) < 4.78 is 20.3. The molecule has 0 saturated carbocycles. The molecule has 10 heteroatoms. The first-order valence-corrected chi connectivity index (χ1v) is 13.4. The third-order valence-electron chi connectivity index (χ3n) is 7.84. The van der Waals surface area contributed by atoms with Crippen LogP contribution in [0.1, 0.15) is 36.4 Å². The number of carbonyl (C=O) groups is 3. The SMILES string of the molecule is Cc1cc2c(ccn2C2COC3(CCN(C(=O)OCc4ccccc4)CC3)OC2)cc1N1CCC(=O)NC1=O. The van der Waals surface area contributed by atoms with Gasteiger partial charge < -0.3 is 23.7 Å². The van der Waals surface area contributed by atoms with Crippen LogP contribution in [-0.2, 0) is 25.6 Å². The van der Waals surface area contributed by atoms with Gasteiger partial charge in [-0.25, -0.2) is 9.59 Å². The maximum Gasteiger partial charge on any atom is 0.410 e. The van der Waals surface area contributed by atoms with Crippen molar-refractivity contribution in [2.75, 3.05) is 37.7 Å². The molecule has 3 saturated heterocycles. The number of nitrogens with zero attached hydrogens (tertiary/aromatic N) is 3. The molecular weight excluding hydrogens is 500 g/mol. The standard InChI is InChI=1S/C29H32N4O6/c1-20-15-25-22(16-24(20)33-12-8-26(34)30-27(33)35)7-11-32(25)23-18-38-29(39-19-23)9-13-31(14-10-29)28(36)37-17-21-5-3-2-4-6-21/h2-7,11,15-16,23H,8-10,12-14,17-19H2,1H3,(H,30,34,35). The number of nitrogens with one attached hydrogen (secondary N) is 1. The van der Waals surface area contributed by atoms with Gasteiger partial charge in [-0.1, -0.05) is 30.3 Å². The highest BCUT2D eigenvalue weighted by Gasteiger charge is 2.42. The number of aryl methyl sites for hydroxylation is 1. The van der Waals surface area contributed by atoms with Gasteiger partial charge in [0.2, 0.25) is 5.91 Å². The van der Waals surface area contributed by atoms with Crippen LogP contribution in [0, 0.1) is 6.92 Å². The van der Waals surface area contributed by atoms with Gasteiger partial charge in [0, 0.05) is 61.7 Å². The molecule has 3 aliphatic rings. The second-order valence-electron chi connectivity index (χ2n) is 10.4. The second-order valence-corrected chi connectivity index (χ2v) is 10.4. The van der Waals surface area contributed by atoms with Crippen LogP contribution in [0.25, 0.3) is 10.9 Å².